The minimum absolute atomic E-state index is 0.423. The monoisotopic (exact) mass is 242 g/mol. The van der Waals surface area contributed by atoms with Gasteiger partial charge in [0.15, 0.2) is 0 Å². The van der Waals surface area contributed by atoms with Crippen molar-refractivity contribution >= 4 is 0 Å². The molecule has 0 aliphatic rings. The predicted octanol–water partition coefficient (Wildman–Crippen LogP) is 2.84. The smallest absolute Gasteiger partial charge is 0.396 e. The van der Waals surface area contributed by atoms with Gasteiger partial charge in [-0.2, -0.15) is 30.7 Å². The number of aliphatic hydroxyl groups is 1. The van der Waals surface area contributed by atoms with E-state index in [1.807, 2.05) is 0 Å². The molecule has 1 N–H and O–H groups in total. The normalized spacial score (nSPS) is 15.6. The molecule has 0 bridgehead atoms. The zero-order chi connectivity index (χ0) is 12.7. The topological polar surface area (TPSA) is 20.2 Å². The number of hydrogen-bond acceptors (Lipinski definition) is 1. The molecule has 0 aromatic heterocycles. The lowest BCUT2D eigenvalue weighted by molar-refractivity contribution is -0.378. The summed E-state index contributed by atoms with van der Waals surface area (Å²) in [5.41, 5.74) is -2.87. The van der Waals surface area contributed by atoms with Crippen LogP contribution in [0.2, 0.25) is 0 Å². The Balaban J connectivity index is 5.38. The van der Waals surface area contributed by atoms with Gasteiger partial charge in [0.1, 0.15) is 0 Å². The third-order valence-electron chi connectivity index (χ3n) is 2.00. The number of aliphatic hydroxyl groups excluding tert-OH is 1. The molecular formula is C7H9F7O. The average Bonchev–Trinajstić information content (AvgIpc) is 2.01. The summed E-state index contributed by atoms with van der Waals surface area (Å²) >= 11 is 0. The molecule has 8 heteroatoms. The summed E-state index contributed by atoms with van der Waals surface area (Å²) in [5, 5.41) is 8.38. The van der Waals surface area contributed by atoms with Crippen LogP contribution in [-0.4, -0.2) is 29.7 Å². The first-order valence-corrected chi connectivity index (χ1v) is 3.74. The average molecular weight is 242 g/mol. The highest BCUT2D eigenvalue weighted by Crippen LogP contribution is 2.53. The van der Waals surface area contributed by atoms with Crippen LogP contribution < -0.4 is 0 Å². The molecule has 0 fully saturated rings. The van der Waals surface area contributed by atoms with Crippen LogP contribution in [0, 0.1) is 5.41 Å². The maximum atomic E-state index is 12.8. The molecule has 92 valence electrons. The summed E-state index contributed by atoms with van der Waals surface area (Å²) in [4.78, 5) is 0. The largest absolute Gasteiger partial charge is 0.459 e. The lowest BCUT2D eigenvalue weighted by atomic mass is 9.82. The summed E-state index contributed by atoms with van der Waals surface area (Å²) in [6.45, 7) is -0.648. The Morgan fingerprint density at radius 3 is 1.33 bits per heavy atom. The minimum Gasteiger partial charge on any atom is -0.396 e. The van der Waals surface area contributed by atoms with Crippen molar-refractivity contribution in [2.24, 2.45) is 5.41 Å². The number of rotatable bonds is 3. The van der Waals surface area contributed by atoms with Crippen molar-refractivity contribution < 1.29 is 35.8 Å². The van der Waals surface area contributed by atoms with Gasteiger partial charge in [-0.25, -0.2) is 0 Å². The molecule has 0 aliphatic carbocycles. The van der Waals surface area contributed by atoms with Gasteiger partial charge in [0.2, 0.25) is 0 Å². The van der Waals surface area contributed by atoms with Crippen molar-refractivity contribution in [1.82, 2.24) is 0 Å². The Hall–Kier alpha value is -0.530. The van der Waals surface area contributed by atoms with Gasteiger partial charge in [0, 0.05) is 0 Å². The first kappa shape index (κ1) is 14.5. The highest BCUT2D eigenvalue weighted by molar-refractivity contribution is 4.99. The number of alkyl halides is 7. The molecule has 15 heavy (non-hydrogen) atoms. The maximum Gasteiger partial charge on any atom is 0.459 e. The molecule has 0 spiro atoms. The summed E-state index contributed by atoms with van der Waals surface area (Å²) in [5.74, 6) is -11.6. The van der Waals surface area contributed by atoms with Crippen LogP contribution in [0.4, 0.5) is 30.7 Å². The van der Waals surface area contributed by atoms with Crippen LogP contribution in [0.15, 0.2) is 0 Å². The molecule has 0 rings (SSSR count). The van der Waals surface area contributed by atoms with Crippen LogP contribution in [0.25, 0.3) is 0 Å². The second-order valence-corrected chi connectivity index (χ2v) is 3.69. The molecule has 0 atom stereocenters. The van der Waals surface area contributed by atoms with Gasteiger partial charge in [-0.3, -0.25) is 0 Å². The van der Waals surface area contributed by atoms with Gasteiger partial charge >= 0.3 is 18.0 Å². The lowest BCUT2D eigenvalue weighted by Crippen LogP contribution is -2.59. The van der Waals surface area contributed by atoms with E-state index in [9.17, 15) is 30.7 Å². The summed E-state index contributed by atoms with van der Waals surface area (Å²) in [6.07, 6.45) is -6.36. The van der Waals surface area contributed by atoms with Gasteiger partial charge in [-0.1, -0.05) is 13.8 Å². The van der Waals surface area contributed by atoms with E-state index in [1.165, 1.54) is 0 Å². The first-order valence-electron chi connectivity index (χ1n) is 3.74. The molecule has 1 nitrogen and oxygen atoms in total. The van der Waals surface area contributed by atoms with Crippen molar-refractivity contribution in [3.05, 3.63) is 0 Å². The van der Waals surface area contributed by atoms with Gasteiger partial charge in [0.25, 0.3) is 0 Å². The Morgan fingerprint density at radius 2 is 1.13 bits per heavy atom. The molecule has 0 aromatic rings. The standard InChI is InChI=1S/C7H9F7O/c1-4(2,3-15)5(8,9)6(10,11)7(12,13)14/h15H,3H2,1-2H3. The fourth-order valence-electron chi connectivity index (χ4n) is 0.702. The van der Waals surface area contributed by atoms with Crippen molar-refractivity contribution in [2.75, 3.05) is 6.61 Å². The van der Waals surface area contributed by atoms with E-state index in [4.69, 9.17) is 5.11 Å². The van der Waals surface area contributed by atoms with E-state index in [1.54, 1.807) is 0 Å². The second-order valence-electron chi connectivity index (χ2n) is 3.69. The Bertz CT molecular complexity index is 230. The Morgan fingerprint density at radius 1 is 0.800 bits per heavy atom. The SMILES string of the molecule is CC(C)(CO)C(F)(F)C(F)(F)C(F)(F)F. The van der Waals surface area contributed by atoms with E-state index in [0.29, 0.717) is 13.8 Å². The highest BCUT2D eigenvalue weighted by Gasteiger charge is 2.77. The zero-order valence-electron chi connectivity index (χ0n) is 7.80. The minimum atomic E-state index is -6.36. The maximum absolute atomic E-state index is 12.8. The first-order chi connectivity index (χ1) is 6.31. The van der Waals surface area contributed by atoms with Gasteiger partial charge in [0.05, 0.1) is 12.0 Å². The van der Waals surface area contributed by atoms with Crippen molar-refractivity contribution in [2.45, 2.75) is 31.9 Å². The molecular weight excluding hydrogens is 233 g/mol. The van der Waals surface area contributed by atoms with Gasteiger partial charge in [-0.05, 0) is 0 Å². The Labute approximate surface area is 80.9 Å². The fraction of sp³-hybridized carbons (Fsp3) is 1.00. The molecule has 0 aliphatic heterocycles. The number of hydrogen-bond donors (Lipinski definition) is 1. The van der Waals surface area contributed by atoms with E-state index in [0.717, 1.165) is 0 Å². The van der Waals surface area contributed by atoms with Crippen LogP contribution >= 0.6 is 0 Å². The molecule has 0 heterocycles. The molecule has 0 radical (unpaired) electrons. The highest BCUT2D eigenvalue weighted by atomic mass is 19.4. The van der Waals surface area contributed by atoms with Gasteiger partial charge in [-0.15, -0.1) is 0 Å². The van der Waals surface area contributed by atoms with Crippen LogP contribution in [-0.2, 0) is 0 Å². The quantitative estimate of drug-likeness (QED) is 0.754. The lowest BCUT2D eigenvalue weighted by Gasteiger charge is -2.38. The fourth-order valence-corrected chi connectivity index (χ4v) is 0.702. The van der Waals surface area contributed by atoms with E-state index in [2.05, 4.69) is 0 Å². The summed E-state index contributed by atoms with van der Waals surface area (Å²) in [6, 6.07) is 0. The van der Waals surface area contributed by atoms with Crippen LogP contribution in [0.3, 0.4) is 0 Å². The van der Waals surface area contributed by atoms with Crippen LogP contribution in [0.1, 0.15) is 13.8 Å². The van der Waals surface area contributed by atoms with Crippen molar-refractivity contribution in [1.29, 1.82) is 0 Å². The van der Waals surface area contributed by atoms with Crippen molar-refractivity contribution in [3.8, 4) is 0 Å². The van der Waals surface area contributed by atoms with Crippen LogP contribution in [0.5, 0.6) is 0 Å². The van der Waals surface area contributed by atoms with E-state index < -0.39 is 30.0 Å². The number of halogens is 7. The zero-order valence-corrected chi connectivity index (χ0v) is 7.80. The third-order valence-corrected chi connectivity index (χ3v) is 2.00. The molecule has 0 unspecified atom stereocenters. The molecule has 0 saturated carbocycles. The summed E-state index contributed by atoms with van der Waals surface area (Å²) < 4.78 is 85.6. The van der Waals surface area contributed by atoms with E-state index in [-0.39, 0.29) is 0 Å². The Kier molecular flexibility index (Phi) is 3.37. The molecule has 0 saturated heterocycles. The third kappa shape index (κ3) is 2.04. The van der Waals surface area contributed by atoms with Gasteiger partial charge < -0.3 is 5.11 Å². The molecule has 0 aromatic carbocycles. The summed E-state index contributed by atoms with van der Waals surface area (Å²) in [7, 11) is 0. The predicted molar refractivity (Wildman–Crippen MR) is 36.8 cm³/mol. The van der Waals surface area contributed by atoms with E-state index >= 15 is 0 Å². The second kappa shape index (κ2) is 3.50. The molecule has 0 amide bonds. The van der Waals surface area contributed by atoms with Crippen molar-refractivity contribution in [3.63, 3.8) is 0 Å².